The van der Waals surface area contributed by atoms with Gasteiger partial charge in [-0.3, -0.25) is 14.5 Å². The van der Waals surface area contributed by atoms with Gasteiger partial charge in [-0.1, -0.05) is 24.3 Å². The molecule has 4 N–H and O–H groups in total. The standard InChI is InChI=1S/C25H29N5O3/c26-22(31)18-7-5-6-17(14-18)15-29-13-10-19(16-29)25(23(27)32)11-3-4-12-30(25)24-28-20-8-1-2-9-21(20)33-24/h1-2,5-9,14,19H,3-4,10-13,15-16H2,(H2,26,31)(H2,27,32)/t19-,25?/m0/s1. The van der Waals surface area contributed by atoms with Gasteiger partial charge in [0, 0.05) is 31.1 Å². The molecular weight excluding hydrogens is 418 g/mol. The highest BCUT2D eigenvalue weighted by Gasteiger charge is 2.53. The number of amides is 2. The third kappa shape index (κ3) is 3.84. The molecule has 2 fully saturated rings. The van der Waals surface area contributed by atoms with Crippen molar-refractivity contribution >= 4 is 28.9 Å². The van der Waals surface area contributed by atoms with Gasteiger partial charge in [-0.15, -0.1) is 0 Å². The van der Waals surface area contributed by atoms with Crippen molar-refractivity contribution in [2.24, 2.45) is 17.4 Å². The van der Waals surface area contributed by atoms with E-state index in [9.17, 15) is 9.59 Å². The van der Waals surface area contributed by atoms with E-state index < -0.39 is 11.4 Å². The van der Waals surface area contributed by atoms with Crippen molar-refractivity contribution in [2.45, 2.75) is 37.8 Å². The number of likely N-dealkylation sites (tertiary alicyclic amines) is 1. The number of hydrogen-bond donors (Lipinski definition) is 2. The number of para-hydroxylation sites is 2. The Hall–Kier alpha value is -3.39. The molecule has 5 rings (SSSR count). The van der Waals surface area contributed by atoms with E-state index in [0.29, 0.717) is 36.7 Å². The van der Waals surface area contributed by atoms with E-state index in [1.807, 2.05) is 47.4 Å². The molecule has 1 aromatic heterocycles. The number of nitrogens with two attached hydrogens (primary N) is 2. The third-order valence-electron chi connectivity index (χ3n) is 7.18. The number of primary amides is 2. The third-order valence-corrected chi connectivity index (χ3v) is 7.18. The highest BCUT2D eigenvalue weighted by atomic mass is 16.4. The van der Waals surface area contributed by atoms with Crippen LogP contribution in [-0.2, 0) is 11.3 Å². The Morgan fingerprint density at radius 3 is 2.73 bits per heavy atom. The number of benzene rings is 2. The summed E-state index contributed by atoms with van der Waals surface area (Å²) in [7, 11) is 0. The first-order valence-electron chi connectivity index (χ1n) is 11.5. The lowest BCUT2D eigenvalue weighted by Crippen LogP contribution is -2.65. The quantitative estimate of drug-likeness (QED) is 0.600. The molecule has 3 heterocycles. The first-order chi connectivity index (χ1) is 16.0. The number of oxazole rings is 1. The summed E-state index contributed by atoms with van der Waals surface area (Å²) in [5.41, 5.74) is 13.8. The van der Waals surface area contributed by atoms with Gasteiger partial charge in [-0.2, -0.15) is 4.98 Å². The zero-order valence-electron chi connectivity index (χ0n) is 18.6. The van der Waals surface area contributed by atoms with Crippen LogP contribution in [0.15, 0.2) is 52.9 Å². The number of anilines is 1. The maximum atomic E-state index is 13.1. The van der Waals surface area contributed by atoms with Crippen LogP contribution in [0.2, 0.25) is 0 Å². The largest absolute Gasteiger partial charge is 0.423 e. The molecule has 2 saturated heterocycles. The van der Waals surface area contributed by atoms with Crippen LogP contribution in [0, 0.1) is 5.92 Å². The van der Waals surface area contributed by atoms with Crippen molar-refractivity contribution < 1.29 is 14.0 Å². The molecule has 172 valence electrons. The second-order valence-corrected chi connectivity index (χ2v) is 9.15. The van der Waals surface area contributed by atoms with Gasteiger partial charge in [0.25, 0.3) is 6.01 Å². The molecule has 0 saturated carbocycles. The van der Waals surface area contributed by atoms with Gasteiger partial charge in [0.2, 0.25) is 11.8 Å². The second kappa shape index (κ2) is 8.51. The van der Waals surface area contributed by atoms with Crippen molar-refractivity contribution in [3.05, 3.63) is 59.7 Å². The van der Waals surface area contributed by atoms with Crippen LogP contribution in [0.3, 0.4) is 0 Å². The van der Waals surface area contributed by atoms with Crippen molar-refractivity contribution in [3.8, 4) is 0 Å². The van der Waals surface area contributed by atoms with Crippen LogP contribution < -0.4 is 16.4 Å². The highest BCUT2D eigenvalue weighted by Crippen LogP contribution is 2.42. The van der Waals surface area contributed by atoms with Crippen molar-refractivity contribution in [1.29, 1.82) is 0 Å². The van der Waals surface area contributed by atoms with E-state index in [1.54, 1.807) is 6.07 Å². The van der Waals surface area contributed by atoms with E-state index in [-0.39, 0.29) is 11.8 Å². The Bertz CT molecular complexity index is 1160. The van der Waals surface area contributed by atoms with Crippen LogP contribution in [0.1, 0.15) is 41.6 Å². The minimum atomic E-state index is -0.830. The number of rotatable bonds is 6. The first kappa shape index (κ1) is 21.5. The molecule has 0 aliphatic carbocycles. The van der Waals surface area contributed by atoms with Gasteiger partial charge in [0.05, 0.1) is 0 Å². The fraction of sp³-hybridized carbons (Fsp3) is 0.400. The number of aromatic nitrogens is 1. The molecule has 3 aromatic rings. The molecule has 8 nitrogen and oxygen atoms in total. The predicted molar refractivity (Wildman–Crippen MR) is 125 cm³/mol. The summed E-state index contributed by atoms with van der Waals surface area (Å²) in [5, 5.41) is 0. The van der Waals surface area contributed by atoms with E-state index >= 15 is 0 Å². The maximum absolute atomic E-state index is 13.1. The molecule has 2 aromatic carbocycles. The van der Waals surface area contributed by atoms with Gasteiger partial charge in [0.15, 0.2) is 5.58 Å². The Balaban J connectivity index is 1.41. The van der Waals surface area contributed by atoms with Gasteiger partial charge >= 0.3 is 0 Å². The van der Waals surface area contributed by atoms with Crippen molar-refractivity contribution in [3.63, 3.8) is 0 Å². The molecule has 2 aliphatic rings. The molecule has 2 amide bonds. The molecule has 2 aliphatic heterocycles. The second-order valence-electron chi connectivity index (χ2n) is 9.15. The minimum Gasteiger partial charge on any atom is -0.423 e. The number of fused-ring (bicyclic) bond motifs is 1. The summed E-state index contributed by atoms with van der Waals surface area (Å²) < 4.78 is 6.08. The summed E-state index contributed by atoms with van der Waals surface area (Å²) in [6, 6.07) is 15.5. The van der Waals surface area contributed by atoms with E-state index in [0.717, 1.165) is 43.4 Å². The predicted octanol–water partition coefficient (Wildman–Crippen LogP) is 2.66. The molecular formula is C25H29N5O3. The van der Waals surface area contributed by atoms with Crippen LogP contribution >= 0.6 is 0 Å². The molecule has 0 bridgehead atoms. The van der Waals surface area contributed by atoms with Crippen molar-refractivity contribution in [1.82, 2.24) is 9.88 Å². The van der Waals surface area contributed by atoms with Crippen LogP contribution in [0.5, 0.6) is 0 Å². The highest BCUT2D eigenvalue weighted by molar-refractivity contribution is 5.93. The average Bonchev–Trinajstić information content (AvgIpc) is 3.46. The summed E-state index contributed by atoms with van der Waals surface area (Å²) >= 11 is 0. The van der Waals surface area contributed by atoms with Crippen LogP contribution in [-0.4, -0.2) is 46.9 Å². The fourth-order valence-electron chi connectivity index (χ4n) is 5.57. The zero-order valence-corrected chi connectivity index (χ0v) is 18.6. The van der Waals surface area contributed by atoms with E-state index in [2.05, 4.69) is 4.90 Å². The molecule has 8 heteroatoms. The minimum absolute atomic E-state index is 0.0598. The smallest absolute Gasteiger partial charge is 0.299 e. The monoisotopic (exact) mass is 447 g/mol. The zero-order chi connectivity index (χ0) is 23.0. The lowest BCUT2D eigenvalue weighted by atomic mass is 9.75. The summed E-state index contributed by atoms with van der Waals surface area (Å²) in [4.78, 5) is 33.7. The molecule has 0 radical (unpaired) electrons. The summed E-state index contributed by atoms with van der Waals surface area (Å²) in [5.74, 6) is -0.684. The first-order valence-corrected chi connectivity index (χ1v) is 11.5. The number of carbonyl (C=O) groups is 2. The van der Waals surface area contributed by atoms with E-state index in [1.165, 1.54) is 0 Å². The summed E-state index contributed by atoms with van der Waals surface area (Å²) in [6.45, 7) is 2.96. The van der Waals surface area contributed by atoms with Crippen molar-refractivity contribution in [2.75, 3.05) is 24.5 Å². The lowest BCUT2D eigenvalue weighted by Gasteiger charge is -2.47. The Morgan fingerprint density at radius 2 is 1.94 bits per heavy atom. The Morgan fingerprint density at radius 1 is 1.09 bits per heavy atom. The Kier molecular flexibility index (Phi) is 5.54. The summed E-state index contributed by atoms with van der Waals surface area (Å²) in [6.07, 6.45) is 3.45. The lowest BCUT2D eigenvalue weighted by molar-refractivity contribution is -0.126. The Labute approximate surface area is 192 Å². The molecule has 1 unspecified atom stereocenters. The van der Waals surface area contributed by atoms with Gasteiger partial charge < -0.3 is 20.8 Å². The average molecular weight is 448 g/mol. The van der Waals surface area contributed by atoms with Crippen LogP contribution in [0.25, 0.3) is 11.1 Å². The number of carbonyl (C=O) groups excluding carboxylic acids is 2. The molecule has 0 spiro atoms. The normalized spacial score (nSPS) is 23.8. The van der Waals surface area contributed by atoms with Gasteiger partial charge in [-0.05, 0) is 62.1 Å². The number of piperidine rings is 1. The van der Waals surface area contributed by atoms with E-state index in [4.69, 9.17) is 20.9 Å². The maximum Gasteiger partial charge on any atom is 0.299 e. The van der Waals surface area contributed by atoms with Gasteiger partial charge in [0.1, 0.15) is 11.1 Å². The number of nitrogens with zero attached hydrogens (tertiary/aromatic N) is 3. The molecule has 2 atom stereocenters. The molecule has 33 heavy (non-hydrogen) atoms. The van der Waals surface area contributed by atoms with Crippen LogP contribution in [0.4, 0.5) is 6.01 Å². The van der Waals surface area contributed by atoms with Gasteiger partial charge in [-0.25, -0.2) is 0 Å². The number of hydrogen-bond acceptors (Lipinski definition) is 6. The SMILES string of the molecule is NC(=O)c1cccc(CN2CC[C@H](C3(C(N)=O)CCCCN3c3nc4ccccc4o3)C2)c1. The fourth-order valence-corrected chi connectivity index (χ4v) is 5.57. The topological polar surface area (TPSA) is 119 Å².